The molecule has 9 nitrogen and oxygen atoms in total. The largest absolute Gasteiger partial charge is 0.480 e. The van der Waals surface area contributed by atoms with Gasteiger partial charge in [-0.3, -0.25) is 5.41 Å². The fraction of sp³-hybridized carbons (Fsp3) is 0.474. The van der Waals surface area contributed by atoms with Gasteiger partial charge in [0.05, 0.1) is 13.0 Å². The van der Waals surface area contributed by atoms with E-state index in [9.17, 15) is 19.5 Å². The van der Waals surface area contributed by atoms with E-state index < -0.39 is 30.0 Å². The molecule has 1 aromatic rings. The number of carboxylic acids is 1. The maximum Gasteiger partial charge on any atom is 0.451 e. The summed E-state index contributed by atoms with van der Waals surface area (Å²) in [5.74, 6) is -2.87. The zero-order valence-corrected chi connectivity index (χ0v) is 16.5. The van der Waals surface area contributed by atoms with Crippen LogP contribution in [0, 0.1) is 11.3 Å². The smallest absolute Gasteiger partial charge is 0.451 e. The van der Waals surface area contributed by atoms with Gasteiger partial charge in [0.25, 0.3) is 0 Å². The first-order valence-corrected chi connectivity index (χ1v) is 8.94. The summed E-state index contributed by atoms with van der Waals surface area (Å²) in [7, 11) is 1.34. The van der Waals surface area contributed by atoms with E-state index in [1.165, 1.54) is 7.05 Å². The van der Waals surface area contributed by atoms with Crippen molar-refractivity contribution in [3.8, 4) is 0 Å². The normalized spacial score (nSPS) is 11.5. The highest BCUT2D eigenvalue weighted by molar-refractivity contribution is 5.94. The van der Waals surface area contributed by atoms with Crippen LogP contribution in [-0.4, -0.2) is 58.8 Å². The van der Waals surface area contributed by atoms with Crippen molar-refractivity contribution >= 4 is 24.0 Å². The third-order valence-electron chi connectivity index (χ3n) is 3.92. The van der Waals surface area contributed by atoms with Gasteiger partial charge in [0.1, 0.15) is 6.04 Å². The summed E-state index contributed by atoms with van der Waals surface area (Å²) in [6.45, 7) is 4.90. The Kier molecular flexibility index (Phi) is 8.94. The van der Waals surface area contributed by atoms with E-state index in [0.29, 0.717) is 11.5 Å². The van der Waals surface area contributed by atoms with Crippen molar-refractivity contribution in [1.82, 2.24) is 9.96 Å². The number of benzene rings is 1. The van der Waals surface area contributed by atoms with Crippen molar-refractivity contribution < 1.29 is 29.1 Å². The number of carbonyl (C=O) groups is 3. The maximum absolute atomic E-state index is 12.2. The van der Waals surface area contributed by atoms with Crippen LogP contribution >= 0.6 is 0 Å². The van der Waals surface area contributed by atoms with Crippen molar-refractivity contribution in [3.05, 3.63) is 35.9 Å². The van der Waals surface area contributed by atoms with Crippen molar-refractivity contribution in [2.45, 2.75) is 39.7 Å². The van der Waals surface area contributed by atoms with Gasteiger partial charge in [0.15, 0.2) is 0 Å². The van der Waals surface area contributed by atoms with Crippen molar-refractivity contribution in [2.75, 3.05) is 13.7 Å². The fourth-order valence-corrected chi connectivity index (χ4v) is 2.56. The highest BCUT2D eigenvalue weighted by Crippen LogP contribution is 2.13. The standard InChI is InChI=1S/C19H27N3O6/c1-5-27-19(26)22(18(20)21(4)16(13(2)3)17(24)25)28-15(23)12-11-14-9-7-6-8-10-14/h6-10,13,16,20H,5,11-12H2,1-4H3,(H,24,25). The molecule has 1 aromatic carbocycles. The SMILES string of the molecule is CCOC(=O)N(OC(=O)CCc1ccccc1)C(=N)N(C)C(C(=O)O)C(C)C. The number of aryl methyl sites for hydroxylation is 1. The van der Waals surface area contributed by atoms with Crippen molar-refractivity contribution in [2.24, 2.45) is 5.92 Å². The molecule has 0 saturated carbocycles. The van der Waals surface area contributed by atoms with Gasteiger partial charge in [-0.2, -0.15) is 0 Å². The Bertz CT molecular complexity index is 692. The number of nitrogens with zero attached hydrogens (tertiary/aromatic N) is 2. The minimum atomic E-state index is -1.17. The Labute approximate surface area is 164 Å². The lowest BCUT2D eigenvalue weighted by molar-refractivity contribution is -0.169. The first-order valence-electron chi connectivity index (χ1n) is 8.94. The third-order valence-corrected chi connectivity index (χ3v) is 3.92. The number of hydrogen-bond acceptors (Lipinski definition) is 6. The predicted octanol–water partition coefficient (Wildman–Crippen LogP) is 2.51. The highest BCUT2D eigenvalue weighted by atomic mass is 16.8. The first kappa shape index (κ1) is 22.9. The van der Waals surface area contributed by atoms with Gasteiger partial charge in [-0.25, -0.2) is 14.4 Å². The second-order valence-corrected chi connectivity index (χ2v) is 6.40. The van der Waals surface area contributed by atoms with Crippen LogP contribution in [0.3, 0.4) is 0 Å². The Hall–Kier alpha value is -3.10. The lowest BCUT2D eigenvalue weighted by Gasteiger charge is -2.32. The summed E-state index contributed by atoms with van der Waals surface area (Å²) in [5.41, 5.74) is 0.917. The molecule has 0 fully saturated rings. The van der Waals surface area contributed by atoms with Gasteiger partial charge in [0.2, 0.25) is 5.96 Å². The number of hydroxylamine groups is 2. The van der Waals surface area contributed by atoms with E-state index in [1.54, 1.807) is 20.8 Å². The van der Waals surface area contributed by atoms with Crippen LogP contribution in [0.5, 0.6) is 0 Å². The molecule has 154 valence electrons. The summed E-state index contributed by atoms with van der Waals surface area (Å²) in [5, 5.41) is 18.0. The summed E-state index contributed by atoms with van der Waals surface area (Å²) >= 11 is 0. The molecule has 0 aliphatic heterocycles. The molecule has 0 saturated heterocycles. The fourth-order valence-electron chi connectivity index (χ4n) is 2.56. The molecule has 2 N–H and O–H groups in total. The molecular formula is C19H27N3O6. The van der Waals surface area contributed by atoms with Gasteiger partial charge in [0, 0.05) is 7.05 Å². The van der Waals surface area contributed by atoms with Gasteiger partial charge in [-0.1, -0.05) is 49.2 Å². The minimum absolute atomic E-state index is 0.000430. The summed E-state index contributed by atoms with van der Waals surface area (Å²) < 4.78 is 4.83. The molecule has 1 atom stereocenters. The number of aliphatic carboxylic acids is 1. The van der Waals surface area contributed by atoms with E-state index >= 15 is 0 Å². The predicted molar refractivity (Wildman–Crippen MR) is 101 cm³/mol. The van der Waals surface area contributed by atoms with E-state index in [0.717, 1.165) is 10.5 Å². The Morgan fingerprint density at radius 2 is 1.79 bits per heavy atom. The molecule has 1 unspecified atom stereocenters. The quantitative estimate of drug-likeness (QED) is 0.415. The number of rotatable bonds is 7. The molecule has 28 heavy (non-hydrogen) atoms. The van der Waals surface area contributed by atoms with Crippen LogP contribution < -0.4 is 0 Å². The highest BCUT2D eigenvalue weighted by Gasteiger charge is 2.34. The molecule has 0 aromatic heterocycles. The number of carboxylic acid groups (broad SMARTS) is 1. The molecule has 0 heterocycles. The number of hydrogen-bond donors (Lipinski definition) is 2. The number of guanidine groups is 1. The molecule has 1 amide bonds. The van der Waals surface area contributed by atoms with E-state index in [2.05, 4.69) is 0 Å². The van der Waals surface area contributed by atoms with E-state index in [-0.39, 0.29) is 18.9 Å². The lowest BCUT2D eigenvalue weighted by atomic mass is 10.0. The molecule has 9 heteroatoms. The summed E-state index contributed by atoms with van der Waals surface area (Å²) in [6.07, 6.45) is -0.701. The molecule has 0 bridgehead atoms. The number of ether oxygens (including phenoxy) is 1. The van der Waals surface area contributed by atoms with Crippen LogP contribution in [0.25, 0.3) is 0 Å². The van der Waals surface area contributed by atoms with Crippen LogP contribution in [0.1, 0.15) is 32.8 Å². The second kappa shape index (κ2) is 10.9. The summed E-state index contributed by atoms with van der Waals surface area (Å²) in [4.78, 5) is 42.0. The van der Waals surface area contributed by atoms with Crippen LogP contribution in [0.4, 0.5) is 4.79 Å². The molecular weight excluding hydrogens is 366 g/mol. The molecule has 1 rings (SSSR count). The Morgan fingerprint density at radius 3 is 2.29 bits per heavy atom. The number of nitrogens with one attached hydrogen (secondary N) is 1. The van der Waals surface area contributed by atoms with Crippen molar-refractivity contribution in [3.63, 3.8) is 0 Å². The maximum atomic E-state index is 12.2. The van der Waals surface area contributed by atoms with Crippen molar-refractivity contribution in [1.29, 1.82) is 5.41 Å². The van der Waals surface area contributed by atoms with E-state index in [4.69, 9.17) is 15.0 Å². The van der Waals surface area contributed by atoms with Gasteiger partial charge in [-0.05, 0) is 24.8 Å². The molecule has 0 radical (unpaired) electrons. The van der Waals surface area contributed by atoms with Crippen LogP contribution in [0.15, 0.2) is 30.3 Å². The van der Waals surface area contributed by atoms with Gasteiger partial charge < -0.3 is 19.6 Å². The zero-order valence-electron chi connectivity index (χ0n) is 16.5. The summed E-state index contributed by atoms with van der Waals surface area (Å²) in [6, 6.07) is 8.16. The average Bonchev–Trinajstić information content (AvgIpc) is 2.64. The van der Waals surface area contributed by atoms with E-state index in [1.807, 2.05) is 30.3 Å². The Morgan fingerprint density at radius 1 is 1.18 bits per heavy atom. The third kappa shape index (κ3) is 6.57. The molecule has 0 aliphatic rings. The first-order chi connectivity index (χ1) is 13.2. The minimum Gasteiger partial charge on any atom is -0.480 e. The second-order valence-electron chi connectivity index (χ2n) is 6.40. The monoisotopic (exact) mass is 393 g/mol. The lowest BCUT2D eigenvalue weighted by Crippen LogP contribution is -2.53. The number of amides is 1. The van der Waals surface area contributed by atoms with Crippen LogP contribution in [0.2, 0.25) is 0 Å². The topological polar surface area (TPSA) is 120 Å². The van der Waals surface area contributed by atoms with Gasteiger partial charge in [-0.15, -0.1) is 0 Å². The van der Waals surface area contributed by atoms with Crippen LogP contribution in [-0.2, 0) is 25.6 Å². The Balaban J connectivity index is 2.89. The molecule has 0 aliphatic carbocycles. The zero-order chi connectivity index (χ0) is 21.3. The number of likely N-dealkylation sites (N-methyl/N-ethyl adjacent to an activating group) is 1. The van der Waals surface area contributed by atoms with Gasteiger partial charge >= 0.3 is 18.0 Å². The molecule has 0 spiro atoms. The number of carbonyl (C=O) groups excluding carboxylic acids is 2. The average molecular weight is 393 g/mol.